The molecule has 1 heterocycles. The maximum atomic E-state index is 5.82. The standard InChI is InChI=1S/C14H23N3O2/c1-3-15-12-8-14(17-13(16-12)10-18-2)19-9-11-6-4-5-7-11/h8,11H,3-7,9-10H2,1-2H3,(H,15,16,17). The second-order valence-corrected chi connectivity index (χ2v) is 4.93. The number of methoxy groups -OCH3 is 1. The molecule has 2 rings (SSSR count). The van der Waals surface area contributed by atoms with Crippen molar-refractivity contribution >= 4 is 5.82 Å². The molecule has 0 saturated heterocycles. The molecule has 1 aromatic rings. The molecule has 1 aliphatic rings. The van der Waals surface area contributed by atoms with Crippen molar-refractivity contribution in [2.75, 3.05) is 25.6 Å². The summed E-state index contributed by atoms with van der Waals surface area (Å²) in [6, 6.07) is 1.86. The van der Waals surface area contributed by atoms with E-state index >= 15 is 0 Å². The first-order valence-electron chi connectivity index (χ1n) is 7.05. The average Bonchev–Trinajstić information content (AvgIpc) is 2.90. The molecule has 0 atom stereocenters. The molecule has 0 aliphatic heterocycles. The summed E-state index contributed by atoms with van der Waals surface area (Å²) >= 11 is 0. The summed E-state index contributed by atoms with van der Waals surface area (Å²) in [7, 11) is 1.64. The van der Waals surface area contributed by atoms with Crippen molar-refractivity contribution in [3.8, 4) is 5.88 Å². The Morgan fingerprint density at radius 2 is 2.11 bits per heavy atom. The van der Waals surface area contributed by atoms with Gasteiger partial charge < -0.3 is 14.8 Å². The van der Waals surface area contributed by atoms with E-state index in [-0.39, 0.29) is 0 Å². The van der Waals surface area contributed by atoms with Crippen LogP contribution in [0.1, 0.15) is 38.4 Å². The van der Waals surface area contributed by atoms with Gasteiger partial charge in [-0.1, -0.05) is 12.8 Å². The Labute approximate surface area is 114 Å². The van der Waals surface area contributed by atoms with Crippen LogP contribution in [0.3, 0.4) is 0 Å². The number of ether oxygens (including phenoxy) is 2. The lowest BCUT2D eigenvalue weighted by Gasteiger charge is -2.12. The van der Waals surface area contributed by atoms with Gasteiger partial charge in [-0.3, -0.25) is 0 Å². The van der Waals surface area contributed by atoms with E-state index in [1.165, 1.54) is 25.7 Å². The lowest BCUT2D eigenvalue weighted by atomic mass is 10.1. The van der Waals surface area contributed by atoms with Crippen LogP contribution >= 0.6 is 0 Å². The Morgan fingerprint density at radius 3 is 2.79 bits per heavy atom. The first-order valence-corrected chi connectivity index (χ1v) is 7.05. The third kappa shape index (κ3) is 4.35. The van der Waals surface area contributed by atoms with Crippen molar-refractivity contribution in [3.63, 3.8) is 0 Å². The summed E-state index contributed by atoms with van der Waals surface area (Å²) in [5, 5.41) is 3.19. The minimum Gasteiger partial charge on any atom is -0.477 e. The summed E-state index contributed by atoms with van der Waals surface area (Å²) in [6.45, 7) is 4.02. The van der Waals surface area contributed by atoms with Crippen LogP contribution in [0.2, 0.25) is 0 Å². The molecule has 0 aromatic carbocycles. The van der Waals surface area contributed by atoms with Gasteiger partial charge in [-0.15, -0.1) is 0 Å². The molecule has 0 amide bonds. The smallest absolute Gasteiger partial charge is 0.218 e. The van der Waals surface area contributed by atoms with Crippen LogP contribution in [0.5, 0.6) is 5.88 Å². The first kappa shape index (κ1) is 14.1. The SMILES string of the molecule is CCNc1cc(OCC2CCCC2)nc(COC)n1. The maximum Gasteiger partial charge on any atom is 0.218 e. The first-order chi connectivity index (χ1) is 9.31. The van der Waals surface area contributed by atoms with Gasteiger partial charge in [0.05, 0.1) is 6.61 Å². The number of hydrogen-bond acceptors (Lipinski definition) is 5. The molecule has 19 heavy (non-hydrogen) atoms. The molecular weight excluding hydrogens is 242 g/mol. The molecule has 106 valence electrons. The number of aromatic nitrogens is 2. The van der Waals surface area contributed by atoms with Gasteiger partial charge >= 0.3 is 0 Å². The van der Waals surface area contributed by atoms with E-state index < -0.39 is 0 Å². The second-order valence-electron chi connectivity index (χ2n) is 4.93. The molecule has 1 saturated carbocycles. The fraction of sp³-hybridized carbons (Fsp3) is 0.714. The molecule has 5 heteroatoms. The predicted octanol–water partition coefficient (Wildman–Crippen LogP) is 2.62. The Balaban J connectivity index is 1.99. The quantitative estimate of drug-likeness (QED) is 0.821. The van der Waals surface area contributed by atoms with Crippen LogP contribution in [0, 0.1) is 5.92 Å². The lowest BCUT2D eigenvalue weighted by Crippen LogP contribution is -2.11. The topological polar surface area (TPSA) is 56.3 Å². The predicted molar refractivity (Wildman–Crippen MR) is 74.4 cm³/mol. The van der Waals surface area contributed by atoms with Gasteiger partial charge in [0.15, 0.2) is 5.82 Å². The molecule has 0 radical (unpaired) electrons. The van der Waals surface area contributed by atoms with Crippen molar-refractivity contribution < 1.29 is 9.47 Å². The van der Waals surface area contributed by atoms with Gasteiger partial charge in [0.2, 0.25) is 5.88 Å². The monoisotopic (exact) mass is 265 g/mol. The van der Waals surface area contributed by atoms with E-state index in [0.717, 1.165) is 19.0 Å². The second kappa shape index (κ2) is 7.28. The largest absolute Gasteiger partial charge is 0.477 e. The van der Waals surface area contributed by atoms with E-state index in [1.807, 2.05) is 13.0 Å². The molecule has 0 bridgehead atoms. The summed E-state index contributed by atoms with van der Waals surface area (Å²) in [5.74, 6) is 2.78. The third-order valence-electron chi connectivity index (χ3n) is 3.32. The van der Waals surface area contributed by atoms with Crippen molar-refractivity contribution in [2.45, 2.75) is 39.2 Å². The molecular formula is C14H23N3O2. The Kier molecular flexibility index (Phi) is 5.39. The van der Waals surface area contributed by atoms with Crippen LogP contribution in [0.15, 0.2) is 6.07 Å². The number of nitrogens with zero attached hydrogens (tertiary/aromatic N) is 2. The van der Waals surface area contributed by atoms with Gasteiger partial charge in [-0.25, -0.2) is 4.98 Å². The molecule has 0 unspecified atom stereocenters. The number of rotatable bonds is 7. The highest BCUT2D eigenvalue weighted by atomic mass is 16.5. The lowest BCUT2D eigenvalue weighted by molar-refractivity contribution is 0.175. The van der Waals surface area contributed by atoms with Crippen LogP contribution in [0.4, 0.5) is 5.82 Å². The van der Waals surface area contributed by atoms with Gasteiger partial charge in [0, 0.05) is 19.7 Å². The van der Waals surface area contributed by atoms with Gasteiger partial charge in [0.25, 0.3) is 0 Å². The van der Waals surface area contributed by atoms with Gasteiger partial charge in [0.1, 0.15) is 12.4 Å². The molecule has 0 spiro atoms. The maximum absolute atomic E-state index is 5.82. The van der Waals surface area contributed by atoms with Gasteiger partial charge in [-0.05, 0) is 25.7 Å². The van der Waals surface area contributed by atoms with Crippen LogP contribution in [0.25, 0.3) is 0 Å². The Bertz CT molecular complexity index is 368. The van der Waals surface area contributed by atoms with Crippen LogP contribution in [-0.2, 0) is 11.3 Å². The van der Waals surface area contributed by atoms with Crippen molar-refractivity contribution in [3.05, 3.63) is 11.9 Å². The van der Waals surface area contributed by atoms with Crippen LogP contribution in [-0.4, -0.2) is 30.2 Å². The van der Waals surface area contributed by atoms with E-state index in [2.05, 4.69) is 15.3 Å². The highest BCUT2D eigenvalue weighted by molar-refractivity contribution is 5.38. The molecule has 5 nitrogen and oxygen atoms in total. The van der Waals surface area contributed by atoms with Crippen molar-refractivity contribution in [2.24, 2.45) is 5.92 Å². The number of hydrogen-bond donors (Lipinski definition) is 1. The number of anilines is 1. The van der Waals surface area contributed by atoms with E-state index in [0.29, 0.717) is 24.2 Å². The Morgan fingerprint density at radius 1 is 1.32 bits per heavy atom. The summed E-state index contributed by atoms with van der Waals surface area (Å²) < 4.78 is 10.9. The summed E-state index contributed by atoms with van der Waals surface area (Å²) in [6.07, 6.45) is 5.21. The fourth-order valence-electron chi connectivity index (χ4n) is 2.39. The molecule has 1 aromatic heterocycles. The van der Waals surface area contributed by atoms with Crippen molar-refractivity contribution in [1.82, 2.24) is 9.97 Å². The molecule has 1 aliphatic carbocycles. The molecule has 1 N–H and O–H groups in total. The normalized spacial score (nSPS) is 15.7. The van der Waals surface area contributed by atoms with Gasteiger partial charge in [-0.2, -0.15) is 4.98 Å². The zero-order valence-electron chi connectivity index (χ0n) is 11.8. The van der Waals surface area contributed by atoms with E-state index in [4.69, 9.17) is 9.47 Å². The minimum absolute atomic E-state index is 0.402. The molecule has 1 fully saturated rings. The minimum atomic E-state index is 0.402. The zero-order chi connectivity index (χ0) is 13.5. The number of nitrogens with one attached hydrogen (secondary N) is 1. The van der Waals surface area contributed by atoms with Crippen molar-refractivity contribution in [1.29, 1.82) is 0 Å². The summed E-state index contributed by atoms with van der Waals surface area (Å²) in [4.78, 5) is 8.73. The summed E-state index contributed by atoms with van der Waals surface area (Å²) in [5.41, 5.74) is 0. The highest BCUT2D eigenvalue weighted by Gasteiger charge is 2.16. The van der Waals surface area contributed by atoms with Crippen LogP contribution < -0.4 is 10.1 Å². The zero-order valence-corrected chi connectivity index (χ0v) is 11.8. The van der Waals surface area contributed by atoms with E-state index in [9.17, 15) is 0 Å². The Hall–Kier alpha value is -1.36. The highest BCUT2D eigenvalue weighted by Crippen LogP contribution is 2.25. The fourth-order valence-corrected chi connectivity index (χ4v) is 2.39. The third-order valence-corrected chi connectivity index (χ3v) is 3.32. The average molecular weight is 265 g/mol. The van der Waals surface area contributed by atoms with E-state index in [1.54, 1.807) is 7.11 Å².